The van der Waals surface area contributed by atoms with E-state index >= 15 is 0 Å². The van der Waals surface area contributed by atoms with Crippen molar-refractivity contribution in [3.8, 4) is 5.75 Å². The van der Waals surface area contributed by atoms with Gasteiger partial charge < -0.3 is 4.18 Å². The lowest BCUT2D eigenvalue weighted by Crippen LogP contribution is -2.12. The first-order valence-corrected chi connectivity index (χ1v) is 8.82. The molecule has 22 heavy (non-hydrogen) atoms. The van der Waals surface area contributed by atoms with Gasteiger partial charge >= 0.3 is 10.1 Å². The molecule has 0 saturated heterocycles. The largest absolute Gasteiger partial charge is 0.379 e. The van der Waals surface area contributed by atoms with Crippen LogP contribution in [0.25, 0.3) is 0 Å². The van der Waals surface area contributed by atoms with Crippen LogP contribution in [-0.2, 0) is 10.1 Å². The Balaban J connectivity index is 2.36. The number of hydrogen-bond acceptors (Lipinski definition) is 3. The monoisotopic (exact) mass is 318 g/mol. The zero-order valence-electron chi connectivity index (χ0n) is 13.4. The van der Waals surface area contributed by atoms with Crippen LogP contribution in [0.3, 0.4) is 0 Å². The van der Waals surface area contributed by atoms with Crippen molar-refractivity contribution in [3.05, 3.63) is 59.7 Å². The molecule has 0 spiro atoms. The topological polar surface area (TPSA) is 43.4 Å². The van der Waals surface area contributed by atoms with Gasteiger partial charge in [0.25, 0.3) is 0 Å². The summed E-state index contributed by atoms with van der Waals surface area (Å²) >= 11 is 0. The Morgan fingerprint density at radius 1 is 0.909 bits per heavy atom. The van der Waals surface area contributed by atoms with E-state index in [2.05, 4.69) is 20.8 Å². The summed E-state index contributed by atoms with van der Waals surface area (Å²) in [6.45, 7) is 8.20. The summed E-state index contributed by atoms with van der Waals surface area (Å²) in [7, 11) is -3.81. The van der Waals surface area contributed by atoms with Crippen LogP contribution in [0.15, 0.2) is 53.4 Å². The zero-order chi connectivity index (χ0) is 16.3. The van der Waals surface area contributed by atoms with Crippen LogP contribution in [0.5, 0.6) is 5.75 Å². The smallest absolute Gasteiger partial charge is 0.339 e. The van der Waals surface area contributed by atoms with Gasteiger partial charge in [-0.1, -0.05) is 56.7 Å². The number of aryl methyl sites for hydroxylation is 1. The summed E-state index contributed by atoms with van der Waals surface area (Å²) in [5.41, 5.74) is 1.92. The van der Waals surface area contributed by atoms with Crippen molar-refractivity contribution in [2.24, 2.45) is 5.92 Å². The third kappa shape index (κ3) is 3.69. The van der Waals surface area contributed by atoms with Gasteiger partial charge in [0.05, 0.1) is 0 Å². The highest BCUT2D eigenvalue weighted by Gasteiger charge is 2.21. The van der Waals surface area contributed by atoms with Crippen molar-refractivity contribution < 1.29 is 12.6 Å². The SMILES string of the molecule is Cc1ccc(S(=O)(=O)Oc2ccccc2C(C)C(C)C)cc1. The second-order valence-electron chi connectivity index (χ2n) is 5.92. The first-order valence-electron chi connectivity index (χ1n) is 7.41. The molecule has 118 valence electrons. The Kier molecular flexibility index (Phi) is 4.91. The van der Waals surface area contributed by atoms with E-state index in [0.29, 0.717) is 11.7 Å². The van der Waals surface area contributed by atoms with Gasteiger partial charge in [-0.2, -0.15) is 8.42 Å². The lowest BCUT2D eigenvalue weighted by molar-refractivity contribution is 0.468. The molecule has 2 aromatic rings. The summed E-state index contributed by atoms with van der Waals surface area (Å²) in [6, 6.07) is 14.0. The molecule has 1 atom stereocenters. The van der Waals surface area contributed by atoms with E-state index < -0.39 is 10.1 Å². The van der Waals surface area contributed by atoms with E-state index in [-0.39, 0.29) is 10.8 Å². The molecule has 0 aromatic heterocycles. The van der Waals surface area contributed by atoms with Crippen LogP contribution in [0.4, 0.5) is 0 Å². The lowest BCUT2D eigenvalue weighted by Gasteiger charge is -2.19. The van der Waals surface area contributed by atoms with Gasteiger partial charge in [-0.05, 0) is 42.5 Å². The Labute approximate surface area is 133 Å². The Hall–Kier alpha value is -1.81. The second-order valence-corrected chi connectivity index (χ2v) is 7.47. The standard InChI is InChI=1S/C18H22O3S/c1-13(2)15(4)17-7-5-6-8-18(17)21-22(19,20)16-11-9-14(3)10-12-16/h5-13,15H,1-4H3. The van der Waals surface area contributed by atoms with Gasteiger partial charge in [-0.25, -0.2) is 0 Å². The Morgan fingerprint density at radius 3 is 2.09 bits per heavy atom. The van der Waals surface area contributed by atoms with Crippen molar-refractivity contribution in [1.29, 1.82) is 0 Å². The molecule has 0 aliphatic rings. The molecule has 2 aromatic carbocycles. The average molecular weight is 318 g/mol. The van der Waals surface area contributed by atoms with Gasteiger partial charge in [0.2, 0.25) is 0 Å². The quantitative estimate of drug-likeness (QED) is 0.761. The molecule has 3 nitrogen and oxygen atoms in total. The number of para-hydroxylation sites is 1. The van der Waals surface area contributed by atoms with Crippen LogP contribution in [0.2, 0.25) is 0 Å². The predicted molar refractivity (Wildman–Crippen MR) is 88.7 cm³/mol. The summed E-state index contributed by atoms with van der Waals surface area (Å²) in [5, 5.41) is 0. The molecule has 0 fully saturated rings. The van der Waals surface area contributed by atoms with E-state index in [4.69, 9.17) is 4.18 Å². The molecule has 4 heteroatoms. The summed E-state index contributed by atoms with van der Waals surface area (Å²) in [4.78, 5) is 0.171. The molecular formula is C18H22O3S. The average Bonchev–Trinajstić information content (AvgIpc) is 2.47. The predicted octanol–water partition coefficient (Wildman–Crippen LogP) is 4.52. The van der Waals surface area contributed by atoms with E-state index in [9.17, 15) is 8.42 Å². The van der Waals surface area contributed by atoms with Gasteiger partial charge in [0.15, 0.2) is 0 Å². The van der Waals surface area contributed by atoms with Crippen molar-refractivity contribution in [1.82, 2.24) is 0 Å². The lowest BCUT2D eigenvalue weighted by atomic mass is 9.90. The van der Waals surface area contributed by atoms with Crippen LogP contribution < -0.4 is 4.18 Å². The van der Waals surface area contributed by atoms with Gasteiger partial charge in [0.1, 0.15) is 10.6 Å². The minimum Gasteiger partial charge on any atom is -0.379 e. The van der Waals surface area contributed by atoms with E-state index in [1.165, 1.54) is 0 Å². The van der Waals surface area contributed by atoms with Crippen molar-refractivity contribution in [2.45, 2.75) is 38.5 Å². The van der Waals surface area contributed by atoms with Gasteiger partial charge in [-0.15, -0.1) is 0 Å². The molecular weight excluding hydrogens is 296 g/mol. The number of benzene rings is 2. The second kappa shape index (κ2) is 6.53. The van der Waals surface area contributed by atoms with Crippen LogP contribution in [0.1, 0.15) is 37.8 Å². The normalized spacial score (nSPS) is 13.1. The fourth-order valence-electron chi connectivity index (χ4n) is 2.16. The number of hydrogen-bond donors (Lipinski definition) is 0. The summed E-state index contributed by atoms with van der Waals surface area (Å²) in [6.07, 6.45) is 0. The maximum atomic E-state index is 12.4. The van der Waals surface area contributed by atoms with E-state index in [1.807, 2.05) is 19.1 Å². The molecule has 0 aliphatic heterocycles. The molecule has 0 heterocycles. The highest BCUT2D eigenvalue weighted by atomic mass is 32.2. The highest BCUT2D eigenvalue weighted by molar-refractivity contribution is 7.87. The molecule has 0 radical (unpaired) electrons. The minimum atomic E-state index is -3.81. The van der Waals surface area contributed by atoms with Gasteiger partial charge in [-0.3, -0.25) is 0 Å². The molecule has 0 N–H and O–H groups in total. The minimum absolute atomic E-state index is 0.171. The van der Waals surface area contributed by atoms with Crippen LogP contribution in [-0.4, -0.2) is 8.42 Å². The fourth-order valence-corrected chi connectivity index (χ4v) is 3.12. The Morgan fingerprint density at radius 2 is 1.50 bits per heavy atom. The third-order valence-electron chi connectivity index (χ3n) is 3.92. The van der Waals surface area contributed by atoms with Crippen molar-refractivity contribution >= 4 is 10.1 Å². The molecule has 1 unspecified atom stereocenters. The molecule has 0 amide bonds. The molecule has 2 rings (SSSR count). The van der Waals surface area contributed by atoms with Crippen molar-refractivity contribution in [3.63, 3.8) is 0 Å². The molecule has 0 saturated carbocycles. The van der Waals surface area contributed by atoms with E-state index in [0.717, 1.165) is 11.1 Å². The number of rotatable bonds is 5. The summed E-state index contributed by atoms with van der Waals surface area (Å²) in [5.74, 6) is 1.01. The summed E-state index contributed by atoms with van der Waals surface area (Å²) < 4.78 is 30.3. The first-order chi connectivity index (χ1) is 10.3. The van der Waals surface area contributed by atoms with Gasteiger partial charge in [0, 0.05) is 0 Å². The van der Waals surface area contributed by atoms with Crippen molar-refractivity contribution in [2.75, 3.05) is 0 Å². The highest BCUT2D eigenvalue weighted by Crippen LogP contribution is 2.33. The molecule has 0 bridgehead atoms. The van der Waals surface area contributed by atoms with Crippen LogP contribution >= 0.6 is 0 Å². The maximum absolute atomic E-state index is 12.4. The zero-order valence-corrected chi connectivity index (χ0v) is 14.2. The Bertz CT molecular complexity index is 731. The van der Waals surface area contributed by atoms with Crippen LogP contribution in [0, 0.1) is 12.8 Å². The first kappa shape index (κ1) is 16.6. The maximum Gasteiger partial charge on any atom is 0.339 e. The fraction of sp³-hybridized carbons (Fsp3) is 0.333. The van der Waals surface area contributed by atoms with E-state index in [1.54, 1.807) is 36.4 Å². The third-order valence-corrected chi connectivity index (χ3v) is 5.17. The molecule has 0 aliphatic carbocycles.